The van der Waals surface area contributed by atoms with Crippen LogP contribution in [0, 0.1) is 0 Å². The number of carboxylic acids is 1. The minimum absolute atomic E-state index is 0.717. The van der Waals surface area contributed by atoms with Gasteiger partial charge in [0.15, 0.2) is 12.4 Å². The average molecular weight is 204 g/mol. The van der Waals surface area contributed by atoms with Crippen molar-refractivity contribution in [1.29, 1.82) is 0 Å². The summed E-state index contributed by atoms with van der Waals surface area (Å²) < 4.78 is 1.94. The number of hydrogen-bond donors (Lipinski definition) is 1. The SMILES string of the molecule is CC(/C=C/c1ccc[n+](C)c1)=C\C(=O)O. The molecule has 0 aromatic carbocycles. The van der Waals surface area contributed by atoms with Crippen LogP contribution in [0.2, 0.25) is 0 Å². The normalized spacial score (nSPS) is 12.0. The summed E-state index contributed by atoms with van der Waals surface area (Å²) in [5.74, 6) is -0.921. The Hall–Kier alpha value is -1.90. The van der Waals surface area contributed by atoms with Crippen LogP contribution < -0.4 is 4.57 Å². The number of nitrogens with zero attached hydrogens (tertiary/aromatic N) is 1. The minimum Gasteiger partial charge on any atom is -0.478 e. The van der Waals surface area contributed by atoms with E-state index in [1.807, 2.05) is 42.2 Å². The van der Waals surface area contributed by atoms with Crippen LogP contribution in [0.3, 0.4) is 0 Å². The molecule has 78 valence electrons. The van der Waals surface area contributed by atoms with Gasteiger partial charge in [-0.2, -0.15) is 0 Å². The Morgan fingerprint density at radius 3 is 2.87 bits per heavy atom. The molecule has 0 saturated heterocycles. The molecule has 15 heavy (non-hydrogen) atoms. The maximum Gasteiger partial charge on any atom is 0.328 e. The fourth-order valence-corrected chi connectivity index (χ4v) is 1.18. The largest absolute Gasteiger partial charge is 0.478 e. The second-order valence-electron chi connectivity index (χ2n) is 3.36. The quantitative estimate of drug-likeness (QED) is 0.461. The Bertz CT molecular complexity index is 419. The number of aliphatic carboxylic acids is 1. The van der Waals surface area contributed by atoms with E-state index in [-0.39, 0.29) is 0 Å². The monoisotopic (exact) mass is 204 g/mol. The Kier molecular flexibility index (Phi) is 3.80. The van der Waals surface area contributed by atoms with E-state index in [1.165, 1.54) is 6.08 Å². The number of pyridine rings is 1. The summed E-state index contributed by atoms with van der Waals surface area (Å²) in [6.07, 6.45) is 8.75. The molecule has 1 N–H and O–H groups in total. The van der Waals surface area contributed by atoms with E-state index in [1.54, 1.807) is 13.0 Å². The zero-order chi connectivity index (χ0) is 11.3. The first kappa shape index (κ1) is 11.2. The lowest BCUT2D eigenvalue weighted by atomic mass is 10.2. The van der Waals surface area contributed by atoms with E-state index in [9.17, 15) is 4.79 Å². The molecular weight excluding hydrogens is 190 g/mol. The maximum atomic E-state index is 10.4. The van der Waals surface area contributed by atoms with Crippen LogP contribution in [0.5, 0.6) is 0 Å². The fraction of sp³-hybridized carbons (Fsp3) is 0.167. The first-order valence-electron chi connectivity index (χ1n) is 4.62. The highest BCUT2D eigenvalue weighted by atomic mass is 16.4. The zero-order valence-corrected chi connectivity index (χ0v) is 8.84. The summed E-state index contributed by atoms with van der Waals surface area (Å²) in [6, 6.07) is 3.90. The predicted molar refractivity (Wildman–Crippen MR) is 58.0 cm³/mol. The molecule has 0 saturated carbocycles. The topological polar surface area (TPSA) is 41.2 Å². The number of rotatable bonds is 3. The molecule has 0 spiro atoms. The van der Waals surface area contributed by atoms with Crippen LogP contribution in [0.15, 0.2) is 42.3 Å². The second kappa shape index (κ2) is 5.10. The maximum absolute atomic E-state index is 10.4. The number of allylic oxidation sites excluding steroid dienone is 2. The van der Waals surface area contributed by atoms with Crippen molar-refractivity contribution in [2.24, 2.45) is 7.05 Å². The molecule has 0 aliphatic rings. The molecule has 0 bridgehead atoms. The molecule has 0 radical (unpaired) electrons. The summed E-state index contributed by atoms with van der Waals surface area (Å²) in [4.78, 5) is 10.4. The summed E-state index contributed by atoms with van der Waals surface area (Å²) >= 11 is 0. The molecule has 0 unspecified atom stereocenters. The lowest BCUT2D eigenvalue weighted by Crippen LogP contribution is -2.26. The van der Waals surface area contributed by atoms with Gasteiger partial charge in [-0.1, -0.05) is 6.08 Å². The van der Waals surface area contributed by atoms with E-state index < -0.39 is 5.97 Å². The Morgan fingerprint density at radius 2 is 2.27 bits per heavy atom. The number of aryl methyl sites for hydroxylation is 1. The molecular formula is C12H14NO2+. The smallest absolute Gasteiger partial charge is 0.328 e. The van der Waals surface area contributed by atoms with E-state index >= 15 is 0 Å². The number of carboxylic acid groups (broad SMARTS) is 1. The van der Waals surface area contributed by atoms with Crippen molar-refractivity contribution < 1.29 is 14.5 Å². The number of aromatic nitrogens is 1. The van der Waals surface area contributed by atoms with Gasteiger partial charge in [0.1, 0.15) is 7.05 Å². The molecule has 1 rings (SSSR count). The molecule has 0 fully saturated rings. The predicted octanol–water partition coefficient (Wildman–Crippen LogP) is 1.56. The minimum atomic E-state index is -0.921. The van der Waals surface area contributed by atoms with Gasteiger partial charge in [-0.15, -0.1) is 0 Å². The first-order valence-corrected chi connectivity index (χ1v) is 4.62. The van der Waals surface area contributed by atoms with Gasteiger partial charge in [0.2, 0.25) is 0 Å². The third-order valence-electron chi connectivity index (χ3n) is 1.85. The van der Waals surface area contributed by atoms with Crippen LogP contribution in [-0.4, -0.2) is 11.1 Å². The van der Waals surface area contributed by atoms with E-state index in [0.717, 1.165) is 5.56 Å². The number of hydrogen-bond acceptors (Lipinski definition) is 1. The van der Waals surface area contributed by atoms with E-state index in [2.05, 4.69) is 0 Å². The van der Waals surface area contributed by atoms with Gasteiger partial charge < -0.3 is 5.11 Å². The van der Waals surface area contributed by atoms with Gasteiger partial charge in [0.25, 0.3) is 0 Å². The molecule has 1 aromatic heterocycles. The average Bonchev–Trinajstić information content (AvgIpc) is 2.14. The Balaban J connectivity index is 2.78. The number of carbonyl (C=O) groups is 1. The standard InChI is InChI=1S/C12H13NO2/c1-10(8-12(14)15)5-6-11-4-3-7-13(2)9-11/h3-9H,1-2H3/p+1/b6-5+,10-8+. The summed E-state index contributed by atoms with van der Waals surface area (Å²) in [7, 11) is 1.94. The first-order chi connectivity index (χ1) is 7.08. The lowest BCUT2D eigenvalue weighted by Gasteiger charge is -1.91. The third kappa shape index (κ3) is 4.22. The summed E-state index contributed by atoms with van der Waals surface area (Å²) in [5.41, 5.74) is 1.76. The Morgan fingerprint density at radius 1 is 1.53 bits per heavy atom. The molecule has 0 atom stereocenters. The highest BCUT2D eigenvalue weighted by Crippen LogP contribution is 2.02. The van der Waals surface area contributed by atoms with Gasteiger partial charge in [-0.25, -0.2) is 9.36 Å². The van der Waals surface area contributed by atoms with Crippen LogP contribution in [0.25, 0.3) is 6.08 Å². The highest BCUT2D eigenvalue weighted by molar-refractivity contribution is 5.81. The summed E-state index contributed by atoms with van der Waals surface area (Å²) in [6.45, 7) is 1.76. The molecule has 3 heteroatoms. The van der Waals surface area contributed by atoms with E-state index in [4.69, 9.17) is 5.11 Å². The molecule has 0 aliphatic carbocycles. The van der Waals surface area contributed by atoms with Gasteiger partial charge in [-0.05, 0) is 24.6 Å². The van der Waals surface area contributed by atoms with Crippen molar-refractivity contribution in [3.05, 3.63) is 47.8 Å². The van der Waals surface area contributed by atoms with Crippen LogP contribution in [-0.2, 0) is 11.8 Å². The van der Waals surface area contributed by atoms with Crippen molar-refractivity contribution >= 4 is 12.0 Å². The van der Waals surface area contributed by atoms with Crippen molar-refractivity contribution in [3.63, 3.8) is 0 Å². The second-order valence-corrected chi connectivity index (χ2v) is 3.36. The van der Waals surface area contributed by atoms with Gasteiger partial charge in [0, 0.05) is 17.7 Å². The summed E-state index contributed by atoms with van der Waals surface area (Å²) in [5, 5.41) is 8.51. The fourth-order valence-electron chi connectivity index (χ4n) is 1.18. The molecule has 3 nitrogen and oxygen atoms in total. The molecule has 0 amide bonds. The Labute approximate surface area is 89.0 Å². The van der Waals surface area contributed by atoms with Crippen LogP contribution in [0.4, 0.5) is 0 Å². The third-order valence-corrected chi connectivity index (χ3v) is 1.85. The molecule has 1 heterocycles. The van der Waals surface area contributed by atoms with Crippen LogP contribution in [0.1, 0.15) is 12.5 Å². The van der Waals surface area contributed by atoms with Crippen molar-refractivity contribution in [3.8, 4) is 0 Å². The van der Waals surface area contributed by atoms with Crippen molar-refractivity contribution in [1.82, 2.24) is 0 Å². The molecule has 0 aliphatic heterocycles. The van der Waals surface area contributed by atoms with Crippen molar-refractivity contribution in [2.45, 2.75) is 6.92 Å². The lowest BCUT2D eigenvalue weighted by molar-refractivity contribution is -0.671. The van der Waals surface area contributed by atoms with Crippen LogP contribution >= 0.6 is 0 Å². The van der Waals surface area contributed by atoms with Gasteiger partial charge in [0.05, 0.1) is 0 Å². The van der Waals surface area contributed by atoms with Gasteiger partial charge >= 0.3 is 5.97 Å². The van der Waals surface area contributed by atoms with E-state index in [0.29, 0.717) is 5.57 Å². The molecule has 1 aromatic rings. The van der Waals surface area contributed by atoms with Crippen molar-refractivity contribution in [2.75, 3.05) is 0 Å². The zero-order valence-electron chi connectivity index (χ0n) is 8.84. The highest BCUT2D eigenvalue weighted by Gasteiger charge is 1.94. The van der Waals surface area contributed by atoms with Gasteiger partial charge in [-0.3, -0.25) is 0 Å².